The van der Waals surface area contributed by atoms with Crippen molar-refractivity contribution in [3.63, 3.8) is 0 Å². The average molecular weight is 306 g/mol. The molecule has 0 bridgehead atoms. The summed E-state index contributed by atoms with van der Waals surface area (Å²) in [5.74, 6) is 0. The molecule has 0 amide bonds. The summed E-state index contributed by atoms with van der Waals surface area (Å²) in [6, 6.07) is 7.52. The van der Waals surface area contributed by atoms with Crippen LogP contribution in [0.3, 0.4) is 0 Å². The predicted octanol–water partition coefficient (Wildman–Crippen LogP) is 3.45. The number of hydrogen-bond acceptors (Lipinski definition) is 4. The molecule has 4 nitrogen and oxygen atoms in total. The van der Waals surface area contributed by atoms with Gasteiger partial charge < -0.3 is 19.7 Å². The number of anilines is 2. The molecule has 1 unspecified atom stereocenters. The molecule has 1 fully saturated rings. The summed E-state index contributed by atoms with van der Waals surface area (Å²) in [6.45, 7) is 6.94. The number of ether oxygens (including phenoxy) is 2. The quantitative estimate of drug-likeness (QED) is 0.836. The minimum Gasteiger partial charge on any atom is -0.382 e. The molecule has 1 aromatic rings. The molecule has 1 aliphatic rings. The summed E-state index contributed by atoms with van der Waals surface area (Å²) in [5.41, 5.74) is 3.77. The van der Waals surface area contributed by atoms with E-state index in [0.29, 0.717) is 19.3 Å². The van der Waals surface area contributed by atoms with Crippen molar-refractivity contribution in [1.82, 2.24) is 0 Å². The Balaban J connectivity index is 2.08. The maximum Gasteiger partial charge on any atom is 0.0728 e. The first-order valence-electron chi connectivity index (χ1n) is 8.27. The Morgan fingerprint density at radius 2 is 1.95 bits per heavy atom. The Morgan fingerprint density at radius 3 is 2.55 bits per heavy atom. The summed E-state index contributed by atoms with van der Waals surface area (Å²) in [7, 11) is 3.44. The number of aryl methyl sites for hydroxylation is 1. The van der Waals surface area contributed by atoms with E-state index in [-0.39, 0.29) is 6.04 Å². The zero-order valence-electron chi connectivity index (χ0n) is 14.4. The van der Waals surface area contributed by atoms with E-state index in [1.807, 2.05) is 0 Å². The molecule has 4 heteroatoms. The van der Waals surface area contributed by atoms with Crippen LogP contribution in [-0.4, -0.2) is 46.1 Å². The van der Waals surface area contributed by atoms with Gasteiger partial charge in [-0.2, -0.15) is 0 Å². The van der Waals surface area contributed by atoms with E-state index in [0.717, 1.165) is 5.69 Å². The summed E-state index contributed by atoms with van der Waals surface area (Å²) in [6.07, 6.45) is 3.95. The van der Waals surface area contributed by atoms with E-state index >= 15 is 0 Å². The monoisotopic (exact) mass is 306 g/mol. The molecule has 1 N–H and O–H groups in total. The van der Waals surface area contributed by atoms with Crippen LogP contribution < -0.4 is 10.2 Å². The molecular formula is C18H30N2O2. The zero-order chi connectivity index (χ0) is 15.9. The first-order valence-corrected chi connectivity index (χ1v) is 8.27. The third-order valence-electron chi connectivity index (χ3n) is 4.44. The Kier molecular flexibility index (Phi) is 6.52. The lowest BCUT2D eigenvalue weighted by Crippen LogP contribution is -2.37. The fraction of sp³-hybridized carbons (Fsp3) is 0.667. The second-order valence-electron chi connectivity index (χ2n) is 6.29. The highest BCUT2D eigenvalue weighted by Gasteiger charge is 2.19. The lowest BCUT2D eigenvalue weighted by atomic mass is 10.0. The van der Waals surface area contributed by atoms with Crippen LogP contribution >= 0.6 is 0 Å². The van der Waals surface area contributed by atoms with Gasteiger partial charge in [0, 0.05) is 38.2 Å². The van der Waals surface area contributed by atoms with Crippen LogP contribution in [0.1, 0.15) is 31.7 Å². The van der Waals surface area contributed by atoms with E-state index < -0.39 is 0 Å². The van der Waals surface area contributed by atoms with Gasteiger partial charge >= 0.3 is 0 Å². The summed E-state index contributed by atoms with van der Waals surface area (Å²) >= 11 is 0. The first kappa shape index (κ1) is 17.1. The highest BCUT2D eigenvalue weighted by molar-refractivity contribution is 5.61. The number of nitrogens with zero attached hydrogens (tertiary/aromatic N) is 1. The van der Waals surface area contributed by atoms with Crippen molar-refractivity contribution >= 4 is 11.4 Å². The Hall–Kier alpha value is -1.26. The minimum atomic E-state index is 0.175. The maximum atomic E-state index is 5.25. The smallest absolute Gasteiger partial charge is 0.0728 e. The lowest BCUT2D eigenvalue weighted by molar-refractivity contribution is 0.126. The van der Waals surface area contributed by atoms with Gasteiger partial charge in [0.1, 0.15) is 0 Å². The summed E-state index contributed by atoms with van der Waals surface area (Å²) < 4.78 is 10.5. The third-order valence-corrected chi connectivity index (χ3v) is 4.44. The molecule has 1 heterocycles. The maximum absolute atomic E-state index is 5.25. The molecule has 1 aliphatic heterocycles. The van der Waals surface area contributed by atoms with Crippen molar-refractivity contribution in [3.05, 3.63) is 23.8 Å². The van der Waals surface area contributed by atoms with Crippen LogP contribution in [0.4, 0.5) is 11.4 Å². The van der Waals surface area contributed by atoms with Crippen molar-refractivity contribution in [2.75, 3.05) is 44.2 Å². The van der Waals surface area contributed by atoms with Gasteiger partial charge in [-0.25, -0.2) is 0 Å². The molecule has 0 aliphatic carbocycles. The van der Waals surface area contributed by atoms with Crippen LogP contribution in [0.2, 0.25) is 0 Å². The Bertz CT molecular complexity index is 458. The number of rotatable bonds is 7. The fourth-order valence-electron chi connectivity index (χ4n) is 3.22. The normalized spacial score (nSPS) is 18.8. The molecule has 1 atom stereocenters. The van der Waals surface area contributed by atoms with Crippen LogP contribution in [0.5, 0.6) is 0 Å². The zero-order valence-corrected chi connectivity index (χ0v) is 14.4. The van der Waals surface area contributed by atoms with Crippen LogP contribution in [0.25, 0.3) is 0 Å². The molecule has 1 aromatic carbocycles. The van der Waals surface area contributed by atoms with E-state index in [4.69, 9.17) is 9.47 Å². The van der Waals surface area contributed by atoms with Gasteiger partial charge in [-0.3, -0.25) is 0 Å². The van der Waals surface area contributed by atoms with E-state index in [1.165, 1.54) is 37.1 Å². The summed E-state index contributed by atoms with van der Waals surface area (Å²) in [4.78, 5) is 2.53. The number of nitrogens with one attached hydrogen (secondary N) is 1. The summed E-state index contributed by atoms with van der Waals surface area (Å²) in [5, 5.41) is 3.52. The minimum absolute atomic E-state index is 0.175. The Morgan fingerprint density at radius 1 is 1.23 bits per heavy atom. The standard InChI is InChI=1S/C18H30N2O2/c1-14-11-17(20-10-6-5-7-15(20)2)8-9-18(14)19-16(12-21-3)13-22-4/h8-9,11,15-16,19H,5-7,10,12-13H2,1-4H3. The predicted molar refractivity (Wildman–Crippen MR) is 93.0 cm³/mol. The topological polar surface area (TPSA) is 33.7 Å². The largest absolute Gasteiger partial charge is 0.382 e. The molecule has 0 aromatic heterocycles. The average Bonchev–Trinajstić information content (AvgIpc) is 2.50. The number of hydrogen-bond donors (Lipinski definition) is 1. The van der Waals surface area contributed by atoms with Gasteiger partial charge in [-0.15, -0.1) is 0 Å². The van der Waals surface area contributed by atoms with Crippen LogP contribution in [0, 0.1) is 6.92 Å². The van der Waals surface area contributed by atoms with Gasteiger partial charge in [-0.1, -0.05) is 0 Å². The number of benzene rings is 1. The molecule has 1 saturated heterocycles. The van der Waals surface area contributed by atoms with Gasteiger partial charge in [0.05, 0.1) is 19.3 Å². The molecule has 0 radical (unpaired) electrons. The van der Waals surface area contributed by atoms with E-state index in [2.05, 4.69) is 42.3 Å². The van der Waals surface area contributed by atoms with E-state index in [1.54, 1.807) is 14.2 Å². The van der Waals surface area contributed by atoms with Crippen LogP contribution in [0.15, 0.2) is 18.2 Å². The van der Waals surface area contributed by atoms with Crippen molar-refractivity contribution in [2.24, 2.45) is 0 Å². The second kappa shape index (κ2) is 8.39. The van der Waals surface area contributed by atoms with Crippen molar-refractivity contribution in [2.45, 2.75) is 45.2 Å². The highest BCUT2D eigenvalue weighted by atomic mass is 16.5. The molecule has 0 spiro atoms. The van der Waals surface area contributed by atoms with Gasteiger partial charge in [0.15, 0.2) is 0 Å². The van der Waals surface area contributed by atoms with E-state index in [9.17, 15) is 0 Å². The second-order valence-corrected chi connectivity index (χ2v) is 6.29. The first-order chi connectivity index (χ1) is 10.7. The lowest BCUT2D eigenvalue weighted by Gasteiger charge is -2.36. The number of piperidine rings is 1. The van der Waals surface area contributed by atoms with Crippen molar-refractivity contribution < 1.29 is 9.47 Å². The molecule has 22 heavy (non-hydrogen) atoms. The molecular weight excluding hydrogens is 276 g/mol. The Labute approximate surface area is 134 Å². The molecule has 0 saturated carbocycles. The fourth-order valence-corrected chi connectivity index (χ4v) is 3.22. The molecule has 124 valence electrons. The van der Waals surface area contributed by atoms with Gasteiger partial charge in [0.25, 0.3) is 0 Å². The van der Waals surface area contributed by atoms with Crippen molar-refractivity contribution in [1.29, 1.82) is 0 Å². The highest BCUT2D eigenvalue weighted by Crippen LogP contribution is 2.28. The number of methoxy groups -OCH3 is 2. The van der Waals surface area contributed by atoms with Crippen LogP contribution in [-0.2, 0) is 9.47 Å². The van der Waals surface area contributed by atoms with Gasteiger partial charge in [-0.05, 0) is 56.9 Å². The van der Waals surface area contributed by atoms with Crippen molar-refractivity contribution in [3.8, 4) is 0 Å². The van der Waals surface area contributed by atoms with Gasteiger partial charge in [0.2, 0.25) is 0 Å². The third kappa shape index (κ3) is 4.37. The SMILES string of the molecule is COCC(COC)Nc1ccc(N2CCCCC2C)cc1C. The molecule has 2 rings (SSSR count).